The summed E-state index contributed by atoms with van der Waals surface area (Å²) in [5, 5.41) is 2.99. The number of benzene rings is 3. The predicted octanol–water partition coefficient (Wildman–Crippen LogP) is 7.31. The van der Waals surface area contributed by atoms with E-state index in [-0.39, 0.29) is 11.4 Å². The predicted molar refractivity (Wildman–Crippen MR) is 168 cm³/mol. The number of halogens is 4. The quantitative estimate of drug-likeness (QED) is 0.185. The molecular weight excluding hydrogens is 609 g/mol. The molecule has 0 aliphatic carbocycles. The van der Waals surface area contributed by atoms with E-state index in [1.165, 1.54) is 24.3 Å². The third-order valence-electron chi connectivity index (χ3n) is 6.93. The maximum absolute atomic E-state index is 13.3. The third-order valence-corrected chi connectivity index (χ3v) is 7.18. The molecule has 0 atom stereocenters. The van der Waals surface area contributed by atoms with Crippen molar-refractivity contribution in [1.82, 2.24) is 9.55 Å². The number of nitrogens with zero attached hydrogens (tertiary/aromatic N) is 2. The molecular formula is C33H26ClF3N4O4. The van der Waals surface area contributed by atoms with Crippen molar-refractivity contribution in [2.75, 3.05) is 25.3 Å². The molecule has 1 amide bonds. The first kappa shape index (κ1) is 31.1. The summed E-state index contributed by atoms with van der Waals surface area (Å²) >= 11 is 5.93. The van der Waals surface area contributed by atoms with Crippen LogP contribution < -0.4 is 26.0 Å². The molecule has 2 aromatic heterocycles. The fourth-order valence-corrected chi connectivity index (χ4v) is 4.86. The van der Waals surface area contributed by atoms with Crippen LogP contribution in [0.5, 0.6) is 11.5 Å². The van der Waals surface area contributed by atoms with Gasteiger partial charge in [0.05, 0.1) is 14.2 Å². The standard InChI is InChI=1S/C33H26ClF3N4O4/c1-44-28-12-7-21(14-29(28)45-2)22-13-25(31(38)39-15-22)19-5-10-24(11-6-19)40-32(43)27-17-41(18-33(35,36)37)16-26(30(27)42)20-3-8-23(34)9-4-20/h3-17H,18H2,1-2H3,(H2,38,39)(H,40,43). The summed E-state index contributed by atoms with van der Waals surface area (Å²) in [5.74, 6) is 0.548. The number of nitrogens with two attached hydrogens (primary N) is 1. The van der Waals surface area contributed by atoms with Gasteiger partial charge in [0.15, 0.2) is 11.5 Å². The molecule has 0 spiro atoms. The fraction of sp³-hybridized carbons (Fsp3) is 0.121. The minimum atomic E-state index is -4.58. The molecule has 0 unspecified atom stereocenters. The van der Waals surface area contributed by atoms with Crippen molar-refractivity contribution in [3.8, 4) is 44.9 Å². The lowest BCUT2D eigenvalue weighted by molar-refractivity contribution is -0.140. The molecule has 0 fully saturated rings. The summed E-state index contributed by atoms with van der Waals surface area (Å²) in [6.07, 6.45) is -0.980. The number of ether oxygens (including phenoxy) is 2. The summed E-state index contributed by atoms with van der Waals surface area (Å²) in [6.45, 7) is -1.39. The molecule has 3 aromatic carbocycles. The molecule has 2 heterocycles. The van der Waals surface area contributed by atoms with Gasteiger partial charge in [-0.3, -0.25) is 9.59 Å². The molecule has 0 aliphatic rings. The van der Waals surface area contributed by atoms with Gasteiger partial charge in [-0.05, 0) is 59.2 Å². The molecule has 12 heteroatoms. The van der Waals surface area contributed by atoms with Gasteiger partial charge in [0, 0.05) is 46.0 Å². The van der Waals surface area contributed by atoms with Crippen LogP contribution >= 0.6 is 11.6 Å². The Morgan fingerprint density at radius 2 is 1.49 bits per heavy atom. The molecule has 45 heavy (non-hydrogen) atoms. The van der Waals surface area contributed by atoms with Crippen molar-refractivity contribution in [1.29, 1.82) is 0 Å². The van der Waals surface area contributed by atoms with Crippen LogP contribution in [0.1, 0.15) is 10.4 Å². The van der Waals surface area contributed by atoms with E-state index in [9.17, 15) is 22.8 Å². The summed E-state index contributed by atoms with van der Waals surface area (Å²) in [5.41, 5.74) is 8.49. The van der Waals surface area contributed by atoms with E-state index in [1.807, 2.05) is 18.2 Å². The summed E-state index contributed by atoms with van der Waals surface area (Å²) in [4.78, 5) is 30.8. The van der Waals surface area contributed by atoms with Crippen LogP contribution in [0.4, 0.5) is 24.7 Å². The number of nitrogen functional groups attached to an aromatic ring is 1. The van der Waals surface area contributed by atoms with Crippen molar-refractivity contribution in [3.05, 3.63) is 112 Å². The number of rotatable bonds is 8. The van der Waals surface area contributed by atoms with Crippen LogP contribution in [-0.4, -0.2) is 35.9 Å². The number of nitrogens with one attached hydrogen (secondary N) is 1. The monoisotopic (exact) mass is 634 g/mol. The highest BCUT2D eigenvalue weighted by Gasteiger charge is 2.29. The Morgan fingerprint density at radius 3 is 2.13 bits per heavy atom. The van der Waals surface area contributed by atoms with Crippen molar-refractivity contribution in [3.63, 3.8) is 0 Å². The Balaban J connectivity index is 1.43. The largest absolute Gasteiger partial charge is 0.493 e. The molecule has 5 aromatic rings. The minimum Gasteiger partial charge on any atom is -0.493 e. The van der Waals surface area contributed by atoms with Crippen LogP contribution in [-0.2, 0) is 6.54 Å². The number of aromatic nitrogens is 2. The van der Waals surface area contributed by atoms with Crippen LogP contribution in [0.15, 0.2) is 96.2 Å². The third kappa shape index (κ3) is 7.10. The van der Waals surface area contributed by atoms with Crippen molar-refractivity contribution in [2.24, 2.45) is 0 Å². The van der Waals surface area contributed by atoms with E-state index in [1.54, 1.807) is 50.7 Å². The molecule has 3 N–H and O–H groups in total. The van der Waals surface area contributed by atoms with Crippen molar-refractivity contribution >= 4 is 29.0 Å². The lowest BCUT2D eigenvalue weighted by atomic mass is 10.0. The van der Waals surface area contributed by atoms with Gasteiger partial charge in [-0.25, -0.2) is 4.98 Å². The lowest BCUT2D eigenvalue weighted by Crippen LogP contribution is -2.27. The highest BCUT2D eigenvalue weighted by molar-refractivity contribution is 6.30. The number of anilines is 2. The zero-order valence-corrected chi connectivity index (χ0v) is 24.7. The Bertz CT molecular complexity index is 1930. The number of hydrogen-bond acceptors (Lipinski definition) is 6. The van der Waals surface area contributed by atoms with Gasteiger partial charge >= 0.3 is 6.18 Å². The molecule has 0 radical (unpaired) electrons. The summed E-state index contributed by atoms with van der Waals surface area (Å²) in [7, 11) is 3.10. The van der Waals surface area contributed by atoms with Gasteiger partial charge in [0.1, 0.15) is 17.9 Å². The van der Waals surface area contributed by atoms with Gasteiger partial charge in [-0.2, -0.15) is 13.2 Å². The second-order valence-corrected chi connectivity index (χ2v) is 10.4. The maximum Gasteiger partial charge on any atom is 0.406 e. The average molecular weight is 635 g/mol. The molecule has 0 saturated heterocycles. The van der Waals surface area contributed by atoms with Crippen molar-refractivity contribution in [2.45, 2.75) is 12.7 Å². The topological polar surface area (TPSA) is 108 Å². The maximum atomic E-state index is 13.3. The summed E-state index contributed by atoms with van der Waals surface area (Å²) in [6, 6.07) is 19.9. The van der Waals surface area contributed by atoms with Crippen LogP contribution in [0.25, 0.3) is 33.4 Å². The molecule has 0 bridgehead atoms. The van der Waals surface area contributed by atoms with Gasteiger partial charge in [0.25, 0.3) is 5.91 Å². The molecule has 0 saturated carbocycles. The van der Waals surface area contributed by atoms with Gasteiger partial charge in [-0.15, -0.1) is 0 Å². The van der Waals surface area contributed by atoms with Gasteiger partial charge < -0.3 is 25.1 Å². The number of pyridine rings is 2. The normalized spacial score (nSPS) is 11.2. The zero-order chi connectivity index (χ0) is 32.3. The van der Waals surface area contributed by atoms with Gasteiger partial charge in [0.2, 0.25) is 5.43 Å². The fourth-order valence-electron chi connectivity index (χ4n) is 4.74. The van der Waals surface area contributed by atoms with Gasteiger partial charge in [-0.1, -0.05) is 41.9 Å². The average Bonchev–Trinajstić information content (AvgIpc) is 3.02. The Morgan fingerprint density at radius 1 is 0.867 bits per heavy atom. The van der Waals surface area contributed by atoms with E-state index in [0.29, 0.717) is 38.9 Å². The Hall–Kier alpha value is -5.29. The van der Waals surface area contributed by atoms with Crippen LogP contribution in [0.2, 0.25) is 5.02 Å². The number of hydrogen-bond donors (Lipinski definition) is 2. The van der Waals surface area contributed by atoms with E-state index < -0.39 is 29.6 Å². The number of amides is 1. The molecule has 230 valence electrons. The number of carbonyl (C=O) groups excluding carboxylic acids is 1. The van der Waals surface area contributed by atoms with E-state index >= 15 is 0 Å². The zero-order valence-electron chi connectivity index (χ0n) is 24.0. The van der Waals surface area contributed by atoms with E-state index in [0.717, 1.165) is 28.1 Å². The minimum absolute atomic E-state index is 0.0729. The first-order valence-corrected chi connectivity index (χ1v) is 13.8. The van der Waals surface area contributed by atoms with E-state index in [2.05, 4.69) is 10.3 Å². The number of alkyl halides is 3. The van der Waals surface area contributed by atoms with E-state index in [4.69, 9.17) is 26.8 Å². The molecule has 0 aliphatic heterocycles. The second kappa shape index (κ2) is 12.7. The number of carbonyl (C=O) groups is 1. The summed E-state index contributed by atoms with van der Waals surface area (Å²) < 4.78 is 51.3. The smallest absolute Gasteiger partial charge is 0.406 e. The van der Waals surface area contributed by atoms with Crippen molar-refractivity contribution < 1.29 is 27.4 Å². The van der Waals surface area contributed by atoms with Crippen LogP contribution in [0.3, 0.4) is 0 Å². The first-order chi connectivity index (χ1) is 21.5. The number of methoxy groups -OCH3 is 2. The second-order valence-electron chi connectivity index (χ2n) is 9.97. The molecule has 5 rings (SSSR count). The molecule has 8 nitrogen and oxygen atoms in total. The highest BCUT2D eigenvalue weighted by Crippen LogP contribution is 2.35. The Labute approximate surface area is 260 Å². The first-order valence-electron chi connectivity index (χ1n) is 13.4. The SMILES string of the molecule is COc1ccc(-c2cnc(N)c(-c3ccc(NC(=O)c4cn(CC(F)(F)F)cc(-c5ccc(Cl)cc5)c4=O)cc3)c2)cc1OC. The lowest BCUT2D eigenvalue weighted by Gasteiger charge is -2.15. The highest BCUT2D eigenvalue weighted by atomic mass is 35.5. The van der Waals surface area contributed by atoms with Crippen LogP contribution in [0, 0.1) is 0 Å². The Kier molecular flexibility index (Phi) is 8.82.